The van der Waals surface area contributed by atoms with Gasteiger partial charge in [-0.2, -0.15) is 0 Å². The summed E-state index contributed by atoms with van der Waals surface area (Å²) in [6.45, 7) is 0.520. The molecule has 0 spiro atoms. The minimum absolute atomic E-state index is 0.00527. The van der Waals surface area contributed by atoms with E-state index in [9.17, 15) is 9.59 Å². The van der Waals surface area contributed by atoms with E-state index in [2.05, 4.69) is 0 Å². The fraction of sp³-hybridized carbons (Fsp3) is 0.467. The smallest absolute Gasteiger partial charge is 0.261 e. The molecule has 2 aliphatic rings. The number of ether oxygens (including phenoxy) is 1. The fourth-order valence-electron chi connectivity index (χ4n) is 2.65. The molecule has 20 heavy (non-hydrogen) atoms. The number of aliphatic hydroxyl groups excluding tert-OH is 1. The van der Waals surface area contributed by atoms with E-state index in [0.29, 0.717) is 17.7 Å². The van der Waals surface area contributed by atoms with E-state index in [1.165, 1.54) is 4.90 Å². The van der Waals surface area contributed by atoms with E-state index < -0.39 is 0 Å². The third-order valence-electron chi connectivity index (χ3n) is 3.87. The molecule has 3 rings (SSSR count). The maximum absolute atomic E-state index is 12.1. The van der Waals surface area contributed by atoms with E-state index in [1.807, 2.05) is 0 Å². The maximum Gasteiger partial charge on any atom is 0.261 e. The molecule has 0 aliphatic carbocycles. The fourth-order valence-corrected chi connectivity index (χ4v) is 2.65. The summed E-state index contributed by atoms with van der Waals surface area (Å²) in [6, 6.07) is 6.93. The van der Waals surface area contributed by atoms with Crippen LogP contribution in [0.25, 0.3) is 0 Å². The number of amides is 2. The largest absolute Gasteiger partial charge is 0.394 e. The number of carbonyl (C=O) groups excluding carboxylic acids is 2. The second-order valence-corrected chi connectivity index (χ2v) is 5.20. The topological polar surface area (TPSA) is 70.1 Å². The molecule has 0 unspecified atom stereocenters. The highest BCUT2D eigenvalue weighted by Gasteiger charge is 2.37. The van der Waals surface area contributed by atoms with Gasteiger partial charge in [-0.3, -0.25) is 14.5 Å². The van der Waals surface area contributed by atoms with Crippen LogP contribution in [0.15, 0.2) is 24.3 Å². The van der Waals surface area contributed by atoms with Crippen LogP contribution in [0.1, 0.15) is 40.0 Å². The SMILES string of the molecule is O=C1c2ccccc2C(=O)N1CCCC[C@@H]1O[C@H]1CO. The van der Waals surface area contributed by atoms with Crippen LogP contribution in [0.4, 0.5) is 0 Å². The molecule has 2 heterocycles. The first-order valence-electron chi connectivity index (χ1n) is 6.94. The summed E-state index contributed by atoms with van der Waals surface area (Å²) in [7, 11) is 0. The second-order valence-electron chi connectivity index (χ2n) is 5.20. The molecule has 106 valence electrons. The van der Waals surface area contributed by atoms with Gasteiger partial charge in [0.25, 0.3) is 11.8 Å². The number of carbonyl (C=O) groups is 2. The van der Waals surface area contributed by atoms with Crippen LogP contribution in [0.3, 0.4) is 0 Å². The highest BCUT2D eigenvalue weighted by atomic mass is 16.6. The molecule has 0 aromatic heterocycles. The number of rotatable bonds is 6. The molecule has 0 radical (unpaired) electrons. The molecule has 2 aliphatic heterocycles. The summed E-state index contributed by atoms with van der Waals surface area (Å²) in [5.41, 5.74) is 1.01. The molecular formula is C15H17NO4. The zero-order valence-electron chi connectivity index (χ0n) is 11.1. The average Bonchev–Trinajstić information content (AvgIpc) is 3.20. The molecule has 1 fully saturated rings. The van der Waals surface area contributed by atoms with Crippen molar-refractivity contribution < 1.29 is 19.4 Å². The highest BCUT2D eigenvalue weighted by molar-refractivity contribution is 6.21. The van der Waals surface area contributed by atoms with E-state index in [-0.39, 0.29) is 30.6 Å². The normalized spacial score (nSPS) is 24.1. The first-order valence-corrected chi connectivity index (χ1v) is 6.94. The quantitative estimate of drug-likeness (QED) is 0.481. The van der Waals surface area contributed by atoms with Crippen LogP contribution in [0.5, 0.6) is 0 Å². The molecule has 1 aromatic carbocycles. The summed E-state index contributed by atoms with van der Waals surface area (Å²) in [5.74, 6) is -0.386. The summed E-state index contributed by atoms with van der Waals surface area (Å²) in [4.78, 5) is 25.5. The van der Waals surface area contributed by atoms with Crippen LogP contribution >= 0.6 is 0 Å². The average molecular weight is 275 g/mol. The number of aliphatic hydroxyl groups is 1. The Balaban J connectivity index is 1.50. The number of imide groups is 1. The lowest BCUT2D eigenvalue weighted by atomic mass is 10.1. The summed E-state index contributed by atoms with van der Waals surface area (Å²) in [6.07, 6.45) is 2.67. The first kappa shape index (κ1) is 13.3. The molecule has 0 bridgehead atoms. The molecule has 1 aromatic rings. The van der Waals surface area contributed by atoms with Crippen molar-refractivity contribution in [3.05, 3.63) is 35.4 Å². The second kappa shape index (κ2) is 5.34. The maximum atomic E-state index is 12.1. The van der Waals surface area contributed by atoms with Crippen LogP contribution in [-0.2, 0) is 4.74 Å². The molecule has 5 heteroatoms. The Bertz CT molecular complexity index is 507. The molecule has 1 N–H and O–H groups in total. The van der Waals surface area contributed by atoms with Crippen molar-refractivity contribution in [2.75, 3.05) is 13.2 Å². The summed E-state index contributed by atoms with van der Waals surface area (Å²) >= 11 is 0. The van der Waals surface area contributed by atoms with E-state index in [4.69, 9.17) is 9.84 Å². The van der Waals surface area contributed by atoms with Crippen molar-refractivity contribution in [3.8, 4) is 0 Å². The highest BCUT2D eigenvalue weighted by Crippen LogP contribution is 2.27. The Morgan fingerprint density at radius 3 is 2.25 bits per heavy atom. The van der Waals surface area contributed by atoms with Gasteiger partial charge >= 0.3 is 0 Å². The molecule has 0 saturated carbocycles. The van der Waals surface area contributed by atoms with E-state index in [0.717, 1.165) is 19.3 Å². The molecule has 2 amide bonds. The Morgan fingerprint density at radius 1 is 1.05 bits per heavy atom. The van der Waals surface area contributed by atoms with Crippen LogP contribution in [0.2, 0.25) is 0 Å². The van der Waals surface area contributed by atoms with Crippen LogP contribution in [0, 0.1) is 0 Å². The van der Waals surface area contributed by atoms with Crippen molar-refractivity contribution >= 4 is 11.8 Å². The first-order chi connectivity index (χ1) is 9.72. The van der Waals surface area contributed by atoms with Crippen molar-refractivity contribution in [2.45, 2.75) is 31.5 Å². The third-order valence-corrected chi connectivity index (χ3v) is 3.87. The summed E-state index contributed by atoms with van der Waals surface area (Å²) < 4.78 is 5.23. The van der Waals surface area contributed by atoms with Gasteiger partial charge in [-0.05, 0) is 31.4 Å². The lowest BCUT2D eigenvalue weighted by Gasteiger charge is -2.13. The third kappa shape index (κ3) is 2.34. The molecule has 1 saturated heterocycles. The van der Waals surface area contributed by atoms with Gasteiger partial charge in [0.1, 0.15) is 6.10 Å². The van der Waals surface area contributed by atoms with Crippen molar-refractivity contribution in [1.29, 1.82) is 0 Å². The Morgan fingerprint density at radius 2 is 1.70 bits per heavy atom. The van der Waals surface area contributed by atoms with Gasteiger partial charge in [0.15, 0.2) is 0 Å². The number of nitrogens with zero attached hydrogens (tertiary/aromatic N) is 1. The molecule has 5 nitrogen and oxygen atoms in total. The monoisotopic (exact) mass is 275 g/mol. The Kier molecular flexibility index (Phi) is 3.54. The number of fused-ring (bicyclic) bond motifs is 1. The molecular weight excluding hydrogens is 258 g/mol. The van der Waals surface area contributed by atoms with Gasteiger partial charge in [-0.25, -0.2) is 0 Å². The lowest BCUT2D eigenvalue weighted by molar-refractivity contribution is 0.0651. The number of hydrogen-bond acceptors (Lipinski definition) is 4. The zero-order valence-corrected chi connectivity index (χ0v) is 11.1. The van der Waals surface area contributed by atoms with Crippen LogP contribution in [-0.4, -0.2) is 47.2 Å². The van der Waals surface area contributed by atoms with Gasteiger partial charge in [-0.1, -0.05) is 12.1 Å². The Labute approximate surface area is 117 Å². The number of unbranched alkanes of at least 4 members (excludes halogenated alkanes) is 1. The van der Waals surface area contributed by atoms with Crippen molar-refractivity contribution in [2.24, 2.45) is 0 Å². The minimum atomic E-state index is -0.193. The number of epoxide rings is 1. The van der Waals surface area contributed by atoms with E-state index in [1.54, 1.807) is 24.3 Å². The van der Waals surface area contributed by atoms with Gasteiger partial charge in [-0.15, -0.1) is 0 Å². The standard InChI is InChI=1S/C15H17NO4/c17-9-13-12(20-13)7-3-4-8-16-14(18)10-5-1-2-6-11(10)15(16)19/h1-2,5-6,12-13,17H,3-4,7-9H2/t12-,13-/m0/s1. The van der Waals surface area contributed by atoms with Crippen molar-refractivity contribution in [3.63, 3.8) is 0 Å². The zero-order chi connectivity index (χ0) is 14.1. The van der Waals surface area contributed by atoms with Gasteiger partial charge in [0.05, 0.1) is 23.8 Å². The van der Waals surface area contributed by atoms with Gasteiger partial charge in [0, 0.05) is 6.54 Å². The van der Waals surface area contributed by atoms with Gasteiger partial charge < -0.3 is 9.84 Å². The Hall–Kier alpha value is -1.72. The number of hydrogen-bond donors (Lipinski definition) is 1. The number of benzene rings is 1. The summed E-state index contributed by atoms with van der Waals surface area (Å²) in [5, 5.41) is 8.85. The van der Waals surface area contributed by atoms with Crippen molar-refractivity contribution in [1.82, 2.24) is 4.90 Å². The van der Waals surface area contributed by atoms with Crippen LogP contribution < -0.4 is 0 Å². The lowest BCUT2D eigenvalue weighted by Crippen LogP contribution is -2.30. The van der Waals surface area contributed by atoms with E-state index >= 15 is 0 Å². The predicted molar refractivity (Wildman–Crippen MR) is 71.4 cm³/mol. The minimum Gasteiger partial charge on any atom is -0.394 e. The predicted octanol–water partition coefficient (Wildman–Crippen LogP) is 1.21. The molecule has 2 atom stereocenters. The van der Waals surface area contributed by atoms with Gasteiger partial charge in [0.2, 0.25) is 0 Å².